The summed E-state index contributed by atoms with van der Waals surface area (Å²) in [6, 6.07) is 16.7. The van der Waals surface area contributed by atoms with Crippen LogP contribution in [0.4, 0.5) is 0 Å². The highest BCUT2D eigenvalue weighted by Crippen LogP contribution is 2.34. The van der Waals surface area contributed by atoms with E-state index < -0.39 is 6.10 Å². The van der Waals surface area contributed by atoms with Crippen LogP contribution in [-0.2, 0) is 19.5 Å². The number of rotatable bonds is 5. The summed E-state index contributed by atoms with van der Waals surface area (Å²) in [4.78, 5) is 12.4. The summed E-state index contributed by atoms with van der Waals surface area (Å²) in [5.74, 6) is 0.392. The van der Waals surface area contributed by atoms with E-state index in [0.29, 0.717) is 16.3 Å². The largest absolute Gasteiger partial charge is 0.460 e. The first-order chi connectivity index (χ1) is 11.1. The van der Waals surface area contributed by atoms with Crippen LogP contribution in [-0.4, -0.2) is 5.78 Å². The molecule has 1 heterocycles. The van der Waals surface area contributed by atoms with E-state index in [1.165, 1.54) is 0 Å². The normalized spacial score (nSPS) is 17.3. The molecule has 0 radical (unpaired) electrons. The maximum absolute atomic E-state index is 12.4. The minimum absolute atomic E-state index is 0.00973. The topological polar surface area (TPSA) is 61.5 Å². The first-order valence-corrected chi connectivity index (χ1v) is 8.23. The van der Waals surface area contributed by atoms with Gasteiger partial charge in [-0.25, -0.2) is 0 Å². The molecule has 118 valence electrons. The Morgan fingerprint density at radius 1 is 1.13 bits per heavy atom. The van der Waals surface area contributed by atoms with Crippen molar-refractivity contribution in [1.29, 1.82) is 0 Å². The molecule has 1 unspecified atom stereocenters. The molecule has 0 aliphatic carbocycles. The standard InChI is InChI=1S/C17H14ClNO3S/c18-13-8-6-12(7-9-13)15-14(20)16(17(19)21-15)22-23-10-11-4-2-1-3-5-11/h1-9,15H,10,19H2. The van der Waals surface area contributed by atoms with Crippen molar-refractivity contribution in [2.75, 3.05) is 0 Å². The Labute approximate surface area is 143 Å². The molecule has 6 heteroatoms. The number of ketones is 1. The van der Waals surface area contributed by atoms with Gasteiger partial charge in [0, 0.05) is 10.6 Å². The maximum Gasteiger partial charge on any atom is 0.249 e. The lowest BCUT2D eigenvalue weighted by molar-refractivity contribution is -0.122. The average Bonchev–Trinajstić information content (AvgIpc) is 2.85. The monoisotopic (exact) mass is 347 g/mol. The molecule has 0 spiro atoms. The Morgan fingerprint density at radius 3 is 2.52 bits per heavy atom. The highest BCUT2D eigenvalue weighted by Gasteiger charge is 2.37. The van der Waals surface area contributed by atoms with E-state index in [9.17, 15) is 4.79 Å². The Hall–Kier alpha value is -2.11. The van der Waals surface area contributed by atoms with Crippen molar-refractivity contribution < 1.29 is 13.7 Å². The first-order valence-electron chi connectivity index (χ1n) is 6.94. The van der Waals surface area contributed by atoms with Crippen molar-refractivity contribution in [3.63, 3.8) is 0 Å². The van der Waals surface area contributed by atoms with E-state index in [1.54, 1.807) is 24.3 Å². The molecule has 4 nitrogen and oxygen atoms in total. The zero-order valence-corrected chi connectivity index (χ0v) is 13.6. The van der Waals surface area contributed by atoms with Crippen molar-refractivity contribution in [1.82, 2.24) is 0 Å². The number of Topliss-reactive ketones (excluding diaryl/α,β-unsaturated/α-hetero) is 1. The van der Waals surface area contributed by atoms with Crippen LogP contribution >= 0.6 is 23.6 Å². The second kappa shape index (κ2) is 6.98. The van der Waals surface area contributed by atoms with Gasteiger partial charge in [0.2, 0.25) is 17.4 Å². The van der Waals surface area contributed by atoms with Gasteiger partial charge in [-0.1, -0.05) is 54.1 Å². The van der Waals surface area contributed by atoms with Crippen LogP contribution in [0.15, 0.2) is 66.2 Å². The number of carbonyl (C=O) groups excluding carboxylic acids is 1. The number of hydrogen-bond acceptors (Lipinski definition) is 5. The molecule has 1 aliphatic rings. The molecule has 23 heavy (non-hydrogen) atoms. The summed E-state index contributed by atoms with van der Waals surface area (Å²) in [7, 11) is 0. The van der Waals surface area contributed by atoms with E-state index in [0.717, 1.165) is 17.6 Å². The zero-order chi connectivity index (χ0) is 16.2. The highest BCUT2D eigenvalue weighted by atomic mass is 35.5. The zero-order valence-electron chi connectivity index (χ0n) is 12.1. The maximum atomic E-state index is 12.4. The number of ether oxygens (including phenoxy) is 1. The van der Waals surface area contributed by atoms with Crippen LogP contribution in [0.2, 0.25) is 5.02 Å². The SMILES string of the molecule is NC1=C(OSCc2ccccc2)C(=O)C(c2ccc(Cl)cc2)O1. The predicted octanol–water partition coefficient (Wildman–Crippen LogP) is 3.97. The summed E-state index contributed by atoms with van der Waals surface area (Å²) in [6.45, 7) is 0. The lowest BCUT2D eigenvalue weighted by Crippen LogP contribution is -2.10. The van der Waals surface area contributed by atoms with Gasteiger partial charge in [-0.2, -0.15) is 0 Å². The van der Waals surface area contributed by atoms with Crippen LogP contribution in [0.5, 0.6) is 0 Å². The van der Waals surface area contributed by atoms with Crippen LogP contribution in [0.1, 0.15) is 17.2 Å². The Balaban J connectivity index is 1.63. The molecule has 0 aromatic heterocycles. The van der Waals surface area contributed by atoms with E-state index in [1.807, 2.05) is 30.3 Å². The molecule has 1 aliphatic heterocycles. The molecule has 0 fully saturated rings. The van der Waals surface area contributed by atoms with Crippen molar-refractivity contribution in [3.05, 3.63) is 82.4 Å². The molecule has 0 bridgehead atoms. The number of benzene rings is 2. The summed E-state index contributed by atoms with van der Waals surface area (Å²) in [5.41, 5.74) is 7.56. The molecule has 2 aromatic carbocycles. The second-order valence-corrected chi connectivity index (χ2v) is 6.07. The fourth-order valence-corrected chi connectivity index (χ4v) is 2.94. The lowest BCUT2D eigenvalue weighted by Gasteiger charge is -2.09. The third kappa shape index (κ3) is 3.63. The van der Waals surface area contributed by atoms with Crippen molar-refractivity contribution >= 4 is 29.4 Å². The van der Waals surface area contributed by atoms with Crippen LogP contribution < -0.4 is 5.73 Å². The molecule has 0 amide bonds. The predicted molar refractivity (Wildman–Crippen MR) is 90.3 cm³/mol. The van der Waals surface area contributed by atoms with Gasteiger partial charge in [-0.05, 0) is 17.7 Å². The minimum atomic E-state index is -0.778. The van der Waals surface area contributed by atoms with Gasteiger partial charge in [-0.3, -0.25) is 4.79 Å². The smallest absolute Gasteiger partial charge is 0.249 e. The van der Waals surface area contributed by atoms with Gasteiger partial charge in [-0.15, -0.1) is 0 Å². The van der Waals surface area contributed by atoms with Crippen molar-refractivity contribution in [2.24, 2.45) is 5.73 Å². The first kappa shape index (κ1) is 15.8. The molecule has 0 saturated heterocycles. The lowest BCUT2D eigenvalue weighted by atomic mass is 10.1. The van der Waals surface area contributed by atoms with Crippen molar-refractivity contribution in [3.8, 4) is 0 Å². The van der Waals surface area contributed by atoms with Gasteiger partial charge in [0.15, 0.2) is 6.10 Å². The number of halogens is 1. The fourth-order valence-electron chi connectivity index (χ4n) is 2.14. The van der Waals surface area contributed by atoms with Gasteiger partial charge in [0.05, 0.1) is 17.8 Å². The van der Waals surface area contributed by atoms with E-state index in [4.69, 9.17) is 26.3 Å². The second-order valence-electron chi connectivity index (χ2n) is 4.94. The van der Waals surface area contributed by atoms with Gasteiger partial charge >= 0.3 is 0 Å². The van der Waals surface area contributed by atoms with Crippen LogP contribution in [0.25, 0.3) is 0 Å². The quantitative estimate of drug-likeness (QED) is 0.829. The summed E-state index contributed by atoms with van der Waals surface area (Å²) in [6.07, 6.45) is -0.778. The van der Waals surface area contributed by atoms with Crippen LogP contribution in [0.3, 0.4) is 0 Å². The van der Waals surface area contributed by atoms with Crippen molar-refractivity contribution in [2.45, 2.75) is 11.9 Å². The van der Waals surface area contributed by atoms with E-state index in [2.05, 4.69) is 0 Å². The fraction of sp³-hybridized carbons (Fsp3) is 0.118. The molecule has 1 atom stereocenters. The Bertz CT molecular complexity index is 731. The average molecular weight is 348 g/mol. The highest BCUT2D eigenvalue weighted by molar-refractivity contribution is 7.94. The molecular formula is C17H14ClNO3S. The van der Waals surface area contributed by atoms with Gasteiger partial charge < -0.3 is 14.7 Å². The molecule has 2 aromatic rings. The molecular weight excluding hydrogens is 334 g/mol. The number of carbonyl (C=O) groups is 1. The third-order valence-electron chi connectivity index (χ3n) is 3.31. The Morgan fingerprint density at radius 2 is 1.83 bits per heavy atom. The van der Waals surface area contributed by atoms with Gasteiger partial charge in [0.1, 0.15) is 0 Å². The number of nitrogens with two attached hydrogens (primary N) is 1. The number of hydrogen-bond donors (Lipinski definition) is 1. The molecule has 2 N–H and O–H groups in total. The minimum Gasteiger partial charge on any atom is -0.460 e. The Kier molecular flexibility index (Phi) is 4.79. The van der Waals surface area contributed by atoms with E-state index in [-0.39, 0.29) is 17.4 Å². The van der Waals surface area contributed by atoms with Gasteiger partial charge in [0.25, 0.3) is 0 Å². The summed E-state index contributed by atoms with van der Waals surface area (Å²) in [5, 5.41) is 0.593. The van der Waals surface area contributed by atoms with Crippen LogP contribution in [0, 0.1) is 0 Å². The molecule has 3 rings (SSSR count). The third-order valence-corrected chi connectivity index (χ3v) is 4.30. The summed E-state index contributed by atoms with van der Waals surface area (Å²) >= 11 is 7.00. The molecule has 0 saturated carbocycles. The summed E-state index contributed by atoms with van der Waals surface area (Å²) < 4.78 is 10.9. The van der Waals surface area contributed by atoms with E-state index >= 15 is 0 Å².